The first-order chi connectivity index (χ1) is 19.2. The lowest BCUT2D eigenvalue weighted by Gasteiger charge is -2.44. The summed E-state index contributed by atoms with van der Waals surface area (Å²) in [6, 6.07) is 16.6. The topological polar surface area (TPSA) is 12.0 Å². The summed E-state index contributed by atoms with van der Waals surface area (Å²) in [5.41, 5.74) is 10.5. The summed E-state index contributed by atoms with van der Waals surface area (Å²) in [5.74, 6) is 0.971. The molecule has 0 radical (unpaired) electrons. The van der Waals surface area contributed by atoms with Gasteiger partial charge >= 0.3 is 0 Å². The molecule has 2 aromatic rings. The Bertz CT molecular complexity index is 1510. The molecule has 3 aliphatic carbocycles. The summed E-state index contributed by atoms with van der Waals surface area (Å²) in [7, 11) is 0. The van der Waals surface area contributed by atoms with Crippen LogP contribution in [0.5, 0.6) is 0 Å². The normalized spacial score (nSPS) is 27.1. The van der Waals surface area contributed by atoms with Gasteiger partial charge in [-0.05, 0) is 83.5 Å². The lowest BCUT2D eigenvalue weighted by molar-refractivity contribution is 0.300. The highest BCUT2D eigenvalue weighted by Crippen LogP contribution is 2.62. The second-order valence-electron chi connectivity index (χ2n) is 11.0. The molecule has 1 heterocycles. The van der Waals surface area contributed by atoms with Crippen LogP contribution >= 0.6 is 0 Å². The second kappa shape index (κ2) is 10.6. The molecule has 0 fully saturated rings. The highest BCUT2D eigenvalue weighted by molar-refractivity contribution is 5.77. The van der Waals surface area contributed by atoms with Crippen LogP contribution in [-0.4, -0.2) is 6.54 Å². The van der Waals surface area contributed by atoms with E-state index in [1.807, 2.05) is 6.08 Å². The number of allylic oxidation sites excluding steroid dienone is 15. The molecule has 0 amide bonds. The SMILES string of the molecule is C=C/C=C(\C=C/C)C1=CC2C(C=C1)c1ccc(C3=CCNC=C3)cc1C2(c1ccc(C)cc1)C1C=CC=CC1. The van der Waals surface area contributed by atoms with E-state index >= 15 is 0 Å². The first kappa shape index (κ1) is 25.2. The molecule has 1 nitrogen and oxygen atoms in total. The summed E-state index contributed by atoms with van der Waals surface area (Å²) in [5, 5.41) is 3.30. The highest BCUT2D eigenvalue weighted by atomic mass is 14.8. The van der Waals surface area contributed by atoms with Crippen molar-refractivity contribution in [1.29, 1.82) is 0 Å². The van der Waals surface area contributed by atoms with E-state index in [0.717, 1.165) is 13.0 Å². The van der Waals surface area contributed by atoms with Crippen LogP contribution in [0, 0.1) is 18.8 Å². The molecule has 4 atom stereocenters. The number of dihydropyridines is 1. The smallest absolute Gasteiger partial charge is 0.0343 e. The van der Waals surface area contributed by atoms with Crippen LogP contribution in [0.4, 0.5) is 0 Å². The molecule has 4 unspecified atom stereocenters. The van der Waals surface area contributed by atoms with Gasteiger partial charge in [-0.25, -0.2) is 0 Å². The van der Waals surface area contributed by atoms with Crippen molar-refractivity contribution < 1.29 is 0 Å². The molecule has 1 N–H and O–H groups in total. The van der Waals surface area contributed by atoms with Crippen molar-refractivity contribution in [2.45, 2.75) is 31.6 Å². The first-order valence-electron chi connectivity index (χ1n) is 14.2. The maximum absolute atomic E-state index is 3.99. The number of hydrogen-bond acceptors (Lipinski definition) is 1. The Morgan fingerprint density at radius 3 is 2.64 bits per heavy atom. The molecule has 1 heteroatoms. The Balaban J connectivity index is 1.63. The summed E-state index contributed by atoms with van der Waals surface area (Å²) in [4.78, 5) is 0. The number of aryl methyl sites for hydroxylation is 1. The summed E-state index contributed by atoms with van der Waals surface area (Å²) in [6.07, 6.45) is 32.5. The predicted molar refractivity (Wildman–Crippen MR) is 166 cm³/mol. The van der Waals surface area contributed by atoms with Crippen molar-refractivity contribution in [1.82, 2.24) is 5.32 Å². The third kappa shape index (κ3) is 4.27. The maximum atomic E-state index is 3.99. The van der Waals surface area contributed by atoms with Gasteiger partial charge in [0.25, 0.3) is 0 Å². The molecule has 1 aliphatic heterocycles. The van der Waals surface area contributed by atoms with Gasteiger partial charge in [-0.1, -0.05) is 121 Å². The average Bonchev–Trinajstić information content (AvgIpc) is 3.28. The molecule has 4 aliphatic rings. The second-order valence-corrected chi connectivity index (χ2v) is 11.0. The van der Waals surface area contributed by atoms with E-state index in [-0.39, 0.29) is 5.41 Å². The Morgan fingerprint density at radius 2 is 1.92 bits per heavy atom. The van der Waals surface area contributed by atoms with Crippen molar-refractivity contribution in [2.24, 2.45) is 11.8 Å². The molecule has 194 valence electrons. The molecule has 6 rings (SSSR count). The highest BCUT2D eigenvalue weighted by Gasteiger charge is 2.55. The van der Waals surface area contributed by atoms with E-state index in [9.17, 15) is 0 Å². The van der Waals surface area contributed by atoms with Gasteiger partial charge in [-0.15, -0.1) is 0 Å². The predicted octanol–water partition coefficient (Wildman–Crippen LogP) is 8.81. The van der Waals surface area contributed by atoms with Gasteiger partial charge in [0.15, 0.2) is 0 Å². The molecule has 39 heavy (non-hydrogen) atoms. The minimum Gasteiger partial charge on any atom is -0.387 e. The zero-order chi connectivity index (χ0) is 26.8. The van der Waals surface area contributed by atoms with Gasteiger partial charge in [0.05, 0.1) is 0 Å². The van der Waals surface area contributed by atoms with Crippen molar-refractivity contribution in [3.05, 3.63) is 173 Å². The maximum Gasteiger partial charge on any atom is 0.0343 e. The van der Waals surface area contributed by atoms with Crippen LogP contribution in [0.3, 0.4) is 0 Å². The summed E-state index contributed by atoms with van der Waals surface area (Å²) in [6.45, 7) is 9.13. The molecule has 0 spiro atoms. The third-order valence-corrected chi connectivity index (χ3v) is 8.84. The largest absolute Gasteiger partial charge is 0.387 e. The molecular weight excluding hydrogens is 470 g/mol. The molecule has 0 bridgehead atoms. The van der Waals surface area contributed by atoms with Gasteiger partial charge in [-0.3, -0.25) is 0 Å². The van der Waals surface area contributed by atoms with Crippen LogP contribution < -0.4 is 5.32 Å². The standard InChI is InChI=1S/C38H37N/c1-4-9-28(10-5-2)30-15-19-34-35-20-16-31(29-21-23-39-24-22-29)26-37(35)38(36(34)25-30,32-11-7-6-8-12-32)33-17-13-27(3)14-18-33/h4-11,13-23,25-26,32,34,36,39H,1,12,24H2,2-3H3/b10-5-,28-9+. The minimum atomic E-state index is -0.187. The van der Waals surface area contributed by atoms with Gasteiger partial charge in [-0.2, -0.15) is 0 Å². The van der Waals surface area contributed by atoms with E-state index in [0.29, 0.717) is 17.8 Å². The fraction of sp³-hybridized carbons (Fsp3) is 0.211. The van der Waals surface area contributed by atoms with Gasteiger partial charge < -0.3 is 5.32 Å². The number of fused-ring (bicyclic) bond motifs is 3. The third-order valence-electron chi connectivity index (χ3n) is 8.84. The van der Waals surface area contributed by atoms with E-state index in [2.05, 4.69) is 147 Å². The molecule has 0 saturated heterocycles. The number of benzene rings is 2. The fourth-order valence-electron chi connectivity index (χ4n) is 7.13. The minimum absolute atomic E-state index is 0.187. The van der Waals surface area contributed by atoms with Gasteiger partial charge in [0, 0.05) is 23.8 Å². The van der Waals surface area contributed by atoms with Crippen LogP contribution in [0.25, 0.3) is 5.57 Å². The molecular formula is C38H37N. The van der Waals surface area contributed by atoms with Crippen LogP contribution in [0.15, 0.2) is 145 Å². The molecule has 0 saturated carbocycles. The van der Waals surface area contributed by atoms with Crippen LogP contribution in [0.1, 0.15) is 47.1 Å². The lowest BCUT2D eigenvalue weighted by Crippen LogP contribution is -2.41. The van der Waals surface area contributed by atoms with E-state index < -0.39 is 0 Å². The Kier molecular flexibility index (Phi) is 6.83. The van der Waals surface area contributed by atoms with Crippen LogP contribution in [-0.2, 0) is 5.41 Å². The molecule has 2 aromatic carbocycles. The molecule has 0 aromatic heterocycles. The zero-order valence-corrected chi connectivity index (χ0v) is 23.0. The van der Waals surface area contributed by atoms with E-state index in [1.165, 1.54) is 44.5 Å². The van der Waals surface area contributed by atoms with Crippen molar-refractivity contribution >= 4 is 5.57 Å². The van der Waals surface area contributed by atoms with E-state index in [4.69, 9.17) is 0 Å². The number of rotatable bonds is 6. The van der Waals surface area contributed by atoms with Crippen molar-refractivity contribution in [2.75, 3.05) is 6.54 Å². The van der Waals surface area contributed by atoms with Gasteiger partial charge in [0.1, 0.15) is 0 Å². The Hall–Kier alpha value is -4.10. The quantitative estimate of drug-likeness (QED) is 0.385. The van der Waals surface area contributed by atoms with Crippen LogP contribution in [0.2, 0.25) is 0 Å². The number of hydrogen-bond donors (Lipinski definition) is 1. The van der Waals surface area contributed by atoms with Gasteiger partial charge in [0.2, 0.25) is 0 Å². The average molecular weight is 508 g/mol. The monoisotopic (exact) mass is 507 g/mol. The zero-order valence-electron chi connectivity index (χ0n) is 23.0. The summed E-state index contributed by atoms with van der Waals surface area (Å²) >= 11 is 0. The summed E-state index contributed by atoms with van der Waals surface area (Å²) < 4.78 is 0. The lowest BCUT2D eigenvalue weighted by atomic mass is 9.58. The van der Waals surface area contributed by atoms with E-state index in [1.54, 1.807) is 0 Å². The van der Waals surface area contributed by atoms with Crippen molar-refractivity contribution in [3.63, 3.8) is 0 Å². The Labute approximate surface area is 233 Å². The number of nitrogens with one attached hydrogen (secondary N) is 1. The fourth-order valence-corrected chi connectivity index (χ4v) is 7.13. The van der Waals surface area contributed by atoms with Crippen molar-refractivity contribution in [3.8, 4) is 0 Å². The first-order valence-corrected chi connectivity index (χ1v) is 14.2. The Morgan fingerprint density at radius 1 is 1.05 bits per heavy atom.